The fourth-order valence-corrected chi connectivity index (χ4v) is 9.58. The Morgan fingerprint density at radius 3 is 1.47 bits per heavy atom. The Kier molecular flexibility index (Phi) is 9.20. The summed E-state index contributed by atoms with van der Waals surface area (Å²) in [4.78, 5) is 10.6. The van der Waals surface area contributed by atoms with Gasteiger partial charge in [-0.2, -0.15) is 0 Å². The fraction of sp³-hybridized carbons (Fsp3) is 0. The summed E-state index contributed by atoms with van der Waals surface area (Å²) >= 11 is 0. The zero-order chi connectivity index (χ0) is 42.4. The fourth-order valence-electron chi connectivity index (χ4n) is 9.58. The van der Waals surface area contributed by atoms with Gasteiger partial charge >= 0.3 is 0 Å². The topological polar surface area (TPSA) is 25.8 Å². The number of hydrogen-bond acceptors (Lipinski definition) is 2. The molecule has 0 aliphatic carbocycles. The standard InChI is InChI=1S/C62H40N2/c1-3-15-41(16-4-1)42-27-31-46(32-28-42)59-40-60(55-26-14-11-21-49(55)43-17-5-2-6-18-43)64-62(63-59)47-33-29-45(30-34-47)51-37-38-56(54-25-13-12-24-53(51)54)61-52-23-10-8-20-48(52)39-58-50-22-9-7-19-44(50)35-36-57(58)61/h1-40H. The molecule has 1 aromatic heterocycles. The zero-order valence-corrected chi connectivity index (χ0v) is 35.0. The van der Waals surface area contributed by atoms with Crippen molar-refractivity contribution in [2.24, 2.45) is 0 Å². The van der Waals surface area contributed by atoms with Crippen molar-refractivity contribution in [2.45, 2.75) is 0 Å². The van der Waals surface area contributed by atoms with Gasteiger partial charge in [-0.3, -0.25) is 0 Å². The number of benzene rings is 11. The number of rotatable bonds is 7. The van der Waals surface area contributed by atoms with Crippen LogP contribution < -0.4 is 0 Å². The van der Waals surface area contributed by atoms with Crippen molar-refractivity contribution in [3.8, 4) is 78.4 Å². The Morgan fingerprint density at radius 1 is 0.219 bits per heavy atom. The molecule has 0 saturated heterocycles. The monoisotopic (exact) mass is 812 g/mol. The van der Waals surface area contributed by atoms with E-state index in [1.807, 2.05) is 0 Å². The van der Waals surface area contributed by atoms with Crippen LogP contribution in [0.4, 0.5) is 0 Å². The van der Waals surface area contributed by atoms with Crippen LogP contribution in [0, 0.1) is 0 Å². The van der Waals surface area contributed by atoms with Crippen molar-refractivity contribution >= 4 is 43.1 Å². The Labute approximate surface area is 372 Å². The largest absolute Gasteiger partial charge is 0.228 e. The smallest absolute Gasteiger partial charge is 0.160 e. The molecule has 1 heterocycles. The number of aromatic nitrogens is 2. The maximum absolute atomic E-state index is 5.31. The molecule has 0 bridgehead atoms. The molecule has 298 valence electrons. The molecule has 0 aliphatic heterocycles. The first-order valence-corrected chi connectivity index (χ1v) is 21.9. The summed E-state index contributed by atoms with van der Waals surface area (Å²) in [5.74, 6) is 0.685. The van der Waals surface area contributed by atoms with Crippen LogP contribution in [0.2, 0.25) is 0 Å². The van der Waals surface area contributed by atoms with Crippen LogP contribution in [0.5, 0.6) is 0 Å². The van der Waals surface area contributed by atoms with Gasteiger partial charge in [-0.1, -0.05) is 231 Å². The molecule has 0 saturated carbocycles. The highest BCUT2D eigenvalue weighted by atomic mass is 14.9. The van der Waals surface area contributed by atoms with Gasteiger partial charge in [0.25, 0.3) is 0 Å². The van der Waals surface area contributed by atoms with Crippen molar-refractivity contribution < 1.29 is 0 Å². The van der Waals surface area contributed by atoms with Crippen LogP contribution in [0.3, 0.4) is 0 Å². The molecule has 11 aromatic carbocycles. The summed E-state index contributed by atoms with van der Waals surface area (Å²) in [5.41, 5.74) is 14.3. The lowest BCUT2D eigenvalue weighted by Crippen LogP contribution is -1.97. The second-order valence-corrected chi connectivity index (χ2v) is 16.5. The van der Waals surface area contributed by atoms with E-state index in [4.69, 9.17) is 9.97 Å². The second kappa shape index (κ2) is 15.8. The molecular weight excluding hydrogens is 773 g/mol. The number of fused-ring (bicyclic) bond motifs is 5. The van der Waals surface area contributed by atoms with E-state index >= 15 is 0 Å². The maximum Gasteiger partial charge on any atom is 0.160 e. The SMILES string of the molecule is c1ccc(-c2ccc(-c3cc(-c4ccccc4-c4ccccc4)nc(-c4ccc(-c5ccc(-c6c7ccccc7cc7c6ccc6ccccc67)c6ccccc56)cc4)n3)cc2)cc1. The first kappa shape index (κ1) is 37.3. The van der Waals surface area contributed by atoms with E-state index in [1.165, 1.54) is 70.9 Å². The van der Waals surface area contributed by atoms with Crippen LogP contribution in [0.15, 0.2) is 243 Å². The number of hydrogen-bond donors (Lipinski definition) is 0. The summed E-state index contributed by atoms with van der Waals surface area (Å²) in [6.45, 7) is 0. The average Bonchev–Trinajstić information content (AvgIpc) is 3.38. The second-order valence-electron chi connectivity index (χ2n) is 16.5. The molecule has 0 N–H and O–H groups in total. The summed E-state index contributed by atoms with van der Waals surface area (Å²) in [6.07, 6.45) is 0. The maximum atomic E-state index is 5.31. The third kappa shape index (κ3) is 6.61. The Bertz CT molecular complexity index is 3690. The lowest BCUT2D eigenvalue weighted by Gasteiger charge is -2.17. The van der Waals surface area contributed by atoms with Crippen molar-refractivity contribution in [3.63, 3.8) is 0 Å². The van der Waals surface area contributed by atoms with Gasteiger partial charge in [0.05, 0.1) is 11.4 Å². The molecule has 12 rings (SSSR count). The average molecular weight is 813 g/mol. The van der Waals surface area contributed by atoms with Gasteiger partial charge in [0, 0.05) is 16.7 Å². The van der Waals surface area contributed by atoms with E-state index in [9.17, 15) is 0 Å². The lowest BCUT2D eigenvalue weighted by atomic mass is 9.86. The molecule has 12 aromatic rings. The van der Waals surface area contributed by atoms with Crippen LogP contribution in [0.25, 0.3) is 122 Å². The molecule has 2 nitrogen and oxygen atoms in total. The molecule has 0 aliphatic rings. The van der Waals surface area contributed by atoms with Gasteiger partial charge in [-0.15, -0.1) is 0 Å². The minimum absolute atomic E-state index is 0.685. The van der Waals surface area contributed by atoms with Gasteiger partial charge < -0.3 is 0 Å². The van der Waals surface area contributed by atoms with Crippen molar-refractivity contribution in [2.75, 3.05) is 0 Å². The summed E-state index contributed by atoms with van der Waals surface area (Å²) < 4.78 is 0. The highest BCUT2D eigenvalue weighted by Gasteiger charge is 2.18. The van der Waals surface area contributed by atoms with Gasteiger partial charge in [-0.25, -0.2) is 9.97 Å². The van der Waals surface area contributed by atoms with E-state index in [-0.39, 0.29) is 0 Å². The summed E-state index contributed by atoms with van der Waals surface area (Å²) in [6, 6.07) is 87.1. The van der Waals surface area contributed by atoms with Crippen LogP contribution in [0.1, 0.15) is 0 Å². The molecule has 0 fully saturated rings. The zero-order valence-electron chi connectivity index (χ0n) is 35.0. The van der Waals surface area contributed by atoms with Gasteiger partial charge in [0.2, 0.25) is 0 Å². The molecule has 0 atom stereocenters. The molecule has 2 heteroatoms. The third-order valence-corrected chi connectivity index (χ3v) is 12.7. The number of nitrogens with zero attached hydrogens (tertiary/aromatic N) is 2. The first-order valence-electron chi connectivity index (χ1n) is 21.9. The predicted octanol–water partition coefficient (Wildman–Crippen LogP) is 16.8. The Balaban J connectivity index is 0.975. The van der Waals surface area contributed by atoms with E-state index in [0.717, 1.165) is 44.8 Å². The molecular formula is C62H40N2. The van der Waals surface area contributed by atoms with E-state index in [1.54, 1.807) is 0 Å². The summed E-state index contributed by atoms with van der Waals surface area (Å²) in [5, 5.41) is 10.0. The molecule has 64 heavy (non-hydrogen) atoms. The highest BCUT2D eigenvalue weighted by molar-refractivity contribution is 6.23. The minimum atomic E-state index is 0.685. The van der Waals surface area contributed by atoms with E-state index in [2.05, 4.69) is 243 Å². The van der Waals surface area contributed by atoms with Crippen LogP contribution >= 0.6 is 0 Å². The predicted molar refractivity (Wildman–Crippen MR) is 270 cm³/mol. The van der Waals surface area contributed by atoms with E-state index < -0.39 is 0 Å². The quantitative estimate of drug-likeness (QED) is 0.118. The normalized spacial score (nSPS) is 11.4. The molecule has 0 amide bonds. The Morgan fingerprint density at radius 2 is 0.719 bits per heavy atom. The highest BCUT2D eigenvalue weighted by Crippen LogP contribution is 2.44. The van der Waals surface area contributed by atoms with Gasteiger partial charge in [0.15, 0.2) is 5.82 Å². The molecule has 0 radical (unpaired) electrons. The molecule has 0 unspecified atom stereocenters. The molecule has 0 spiro atoms. The van der Waals surface area contributed by atoms with Gasteiger partial charge in [-0.05, 0) is 99.7 Å². The first-order chi connectivity index (χ1) is 31.7. The van der Waals surface area contributed by atoms with Crippen molar-refractivity contribution in [1.82, 2.24) is 9.97 Å². The minimum Gasteiger partial charge on any atom is -0.228 e. The van der Waals surface area contributed by atoms with Crippen molar-refractivity contribution in [1.29, 1.82) is 0 Å². The summed E-state index contributed by atoms with van der Waals surface area (Å²) in [7, 11) is 0. The lowest BCUT2D eigenvalue weighted by molar-refractivity contribution is 1.18. The van der Waals surface area contributed by atoms with Gasteiger partial charge in [0.1, 0.15) is 0 Å². The van der Waals surface area contributed by atoms with E-state index in [0.29, 0.717) is 5.82 Å². The van der Waals surface area contributed by atoms with Crippen LogP contribution in [-0.2, 0) is 0 Å². The third-order valence-electron chi connectivity index (χ3n) is 12.7. The van der Waals surface area contributed by atoms with Crippen LogP contribution in [-0.4, -0.2) is 9.97 Å². The Hall–Kier alpha value is -8.46. The van der Waals surface area contributed by atoms with Crippen molar-refractivity contribution in [3.05, 3.63) is 243 Å².